The monoisotopic (exact) mass is 428 g/mol. The number of halogens is 1. The highest BCUT2D eigenvalue weighted by Crippen LogP contribution is 2.31. The van der Waals surface area contributed by atoms with Crippen LogP contribution in [0.15, 0.2) is 72.8 Å². The molecule has 1 atom stereocenters. The molecule has 0 bridgehead atoms. The van der Waals surface area contributed by atoms with Crippen molar-refractivity contribution < 1.29 is 18.7 Å². The lowest BCUT2D eigenvalue weighted by Gasteiger charge is -2.18. The van der Waals surface area contributed by atoms with Crippen LogP contribution in [0.25, 0.3) is 11.8 Å². The number of nitrogens with zero attached hydrogens (tertiary/aromatic N) is 1. The number of carbonyl (C=O) groups excluding carboxylic acids is 2. The number of amides is 1. The van der Waals surface area contributed by atoms with E-state index in [2.05, 4.69) is 5.32 Å². The number of esters is 1. The Balaban J connectivity index is 1.34. The number of likely N-dealkylation sites (tertiary alicyclic amines) is 1. The molecule has 0 aromatic heterocycles. The summed E-state index contributed by atoms with van der Waals surface area (Å²) in [7, 11) is 0. The van der Waals surface area contributed by atoms with Crippen LogP contribution in [0.2, 0.25) is 0 Å². The maximum atomic E-state index is 14.6. The van der Waals surface area contributed by atoms with E-state index in [1.807, 2.05) is 36.4 Å². The van der Waals surface area contributed by atoms with E-state index in [0.717, 1.165) is 12.1 Å². The van der Waals surface area contributed by atoms with Crippen LogP contribution in [0, 0.1) is 5.82 Å². The zero-order valence-electron chi connectivity index (χ0n) is 17.3. The first-order valence-corrected chi connectivity index (χ1v) is 10.5. The van der Waals surface area contributed by atoms with Gasteiger partial charge in [-0.2, -0.15) is 0 Å². The number of anilines is 1. The van der Waals surface area contributed by atoms with Gasteiger partial charge in [-0.15, -0.1) is 0 Å². The van der Waals surface area contributed by atoms with Gasteiger partial charge in [-0.05, 0) is 48.4 Å². The van der Waals surface area contributed by atoms with E-state index >= 15 is 0 Å². The van der Waals surface area contributed by atoms with E-state index in [1.54, 1.807) is 35.2 Å². The number of fused-ring (bicyclic) bond motifs is 1. The fourth-order valence-corrected chi connectivity index (χ4v) is 4.14. The SMILES string of the molecule is O=C1O/C(=C\c2ccc(F)c(C(=O)N3CCC(Nc4ccccc4)C3)c2)c2ccccc21. The fraction of sp³-hybridized carbons (Fsp3) is 0.154. The molecule has 1 saturated heterocycles. The van der Waals surface area contributed by atoms with Crippen LogP contribution in [0.4, 0.5) is 10.1 Å². The standard InChI is InChI=1S/C26H21FN2O3/c27-23-11-10-17(15-24-20-8-4-5-9-21(20)26(31)32-24)14-22(23)25(30)29-13-12-19(16-29)28-18-6-2-1-3-7-18/h1-11,14-15,19,28H,12-13,16H2/b24-15-. The molecular weight excluding hydrogens is 407 g/mol. The Labute approximate surface area is 185 Å². The normalized spacial score (nSPS) is 18.5. The van der Waals surface area contributed by atoms with Crippen molar-refractivity contribution in [2.75, 3.05) is 18.4 Å². The average molecular weight is 428 g/mol. The fourth-order valence-electron chi connectivity index (χ4n) is 4.14. The summed E-state index contributed by atoms with van der Waals surface area (Å²) in [6.07, 6.45) is 2.45. The van der Waals surface area contributed by atoms with Crippen LogP contribution < -0.4 is 5.32 Å². The van der Waals surface area contributed by atoms with Gasteiger partial charge in [0.15, 0.2) is 0 Å². The maximum Gasteiger partial charge on any atom is 0.344 e. The lowest BCUT2D eigenvalue weighted by molar-refractivity contribution is 0.0716. The summed E-state index contributed by atoms with van der Waals surface area (Å²) < 4.78 is 19.9. The first-order chi connectivity index (χ1) is 15.6. The maximum absolute atomic E-state index is 14.6. The summed E-state index contributed by atoms with van der Waals surface area (Å²) in [5, 5.41) is 3.42. The van der Waals surface area contributed by atoms with Crippen molar-refractivity contribution in [3.8, 4) is 0 Å². The molecule has 1 amide bonds. The summed E-state index contributed by atoms with van der Waals surface area (Å²) >= 11 is 0. The number of cyclic esters (lactones) is 1. The number of nitrogens with one attached hydrogen (secondary N) is 1. The Morgan fingerprint density at radius 3 is 2.59 bits per heavy atom. The van der Waals surface area contributed by atoms with Crippen molar-refractivity contribution in [1.29, 1.82) is 0 Å². The second kappa shape index (κ2) is 8.30. The largest absolute Gasteiger partial charge is 0.422 e. The Bertz CT molecular complexity index is 1220. The lowest BCUT2D eigenvalue weighted by atomic mass is 10.0. The van der Waals surface area contributed by atoms with Crippen molar-refractivity contribution in [2.45, 2.75) is 12.5 Å². The lowest BCUT2D eigenvalue weighted by Crippen LogP contribution is -2.32. The van der Waals surface area contributed by atoms with Crippen molar-refractivity contribution in [2.24, 2.45) is 0 Å². The quantitative estimate of drug-likeness (QED) is 0.606. The first-order valence-electron chi connectivity index (χ1n) is 10.5. The summed E-state index contributed by atoms with van der Waals surface area (Å²) in [6.45, 7) is 1.06. The van der Waals surface area contributed by atoms with Gasteiger partial charge in [0.05, 0.1) is 11.1 Å². The van der Waals surface area contributed by atoms with E-state index in [1.165, 1.54) is 12.1 Å². The molecule has 2 heterocycles. The number of benzene rings is 3. The highest BCUT2D eigenvalue weighted by atomic mass is 19.1. The Morgan fingerprint density at radius 2 is 1.78 bits per heavy atom. The van der Waals surface area contributed by atoms with Crippen LogP contribution in [0.3, 0.4) is 0 Å². The molecule has 3 aromatic rings. The third kappa shape index (κ3) is 3.87. The van der Waals surface area contributed by atoms with E-state index < -0.39 is 11.8 Å². The van der Waals surface area contributed by atoms with Gasteiger partial charge in [0.2, 0.25) is 0 Å². The summed E-state index contributed by atoms with van der Waals surface area (Å²) in [6, 6.07) is 21.4. The molecule has 0 spiro atoms. The van der Waals surface area contributed by atoms with Crippen LogP contribution in [-0.4, -0.2) is 35.9 Å². The number of hydrogen-bond donors (Lipinski definition) is 1. The molecule has 160 valence electrons. The molecule has 3 aromatic carbocycles. The smallest absolute Gasteiger partial charge is 0.344 e. The number of ether oxygens (including phenoxy) is 1. The summed E-state index contributed by atoms with van der Waals surface area (Å²) in [5.74, 6) is -0.937. The average Bonchev–Trinajstić information content (AvgIpc) is 3.40. The molecule has 2 aliphatic rings. The molecule has 6 heteroatoms. The zero-order chi connectivity index (χ0) is 22.1. The molecule has 32 heavy (non-hydrogen) atoms. The highest BCUT2D eigenvalue weighted by molar-refractivity contribution is 6.05. The molecule has 0 saturated carbocycles. The van der Waals surface area contributed by atoms with Crippen molar-refractivity contribution in [3.05, 3.63) is 101 Å². The minimum Gasteiger partial charge on any atom is -0.422 e. The molecule has 5 nitrogen and oxygen atoms in total. The summed E-state index contributed by atoms with van der Waals surface area (Å²) in [5.41, 5.74) is 2.78. The molecule has 1 N–H and O–H groups in total. The molecule has 1 unspecified atom stereocenters. The predicted octanol–water partition coefficient (Wildman–Crippen LogP) is 4.82. The Hall–Kier alpha value is -3.93. The van der Waals surface area contributed by atoms with Gasteiger partial charge in [0.25, 0.3) is 5.91 Å². The van der Waals surface area contributed by atoms with Gasteiger partial charge < -0.3 is 15.0 Å². The van der Waals surface area contributed by atoms with Gasteiger partial charge in [0.1, 0.15) is 11.6 Å². The number of para-hydroxylation sites is 1. The first kappa shape index (κ1) is 20.0. The molecule has 5 rings (SSSR count). The summed E-state index contributed by atoms with van der Waals surface area (Å²) in [4.78, 5) is 26.8. The third-order valence-corrected chi connectivity index (χ3v) is 5.75. The molecule has 1 fully saturated rings. The van der Waals surface area contributed by atoms with Gasteiger partial charge in [-0.1, -0.05) is 42.5 Å². The molecule has 0 aliphatic carbocycles. The molecule has 2 aliphatic heterocycles. The predicted molar refractivity (Wildman–Crippen MR) is 121 cm³/mol. The molecular formula is C26H21FN2O3. The van der Waals surface area contributed by atoms with E-state index in [-0.39, 0.29) is 17.5 Å². The van der Waals surface area contributed by atoms with Crippen LogP contribution in [-0.2, 0) is 4.74 Å². The van der Waals surface area contributed by atoms with Gasteiger partial charge >= 0.3 is 5.97 Å². The van der Waals surface area contributed by atoms with Gasteiger partial charge in [0, 0.05) is 30.4 Å². The Morgan fingerprint density at radius 1 is 1.03 bits per heavy atom. The minimum absolute atomic E-state index is 0.0114. The second-order valence-electron chi connectivity index (χ2n) is 7.93. The van der Waals surface area contributed by atoms with Crippen LogP contribution in [0.5, 0.6) is 0 Å². The van der Waals surface area contributed by atoms with Gasteiger partial charge in [-0.25, -0.2) is 9.18 Å². The van der Waals surface area contributed by atoms with E-state index in [9.17, 15) is 14.0 Å². The topological polar surface area (TPSA) is 58.6 Å². The Kier molecular flexibility index (Phi) is 5.19. The number of rotatable bonds is 4. The number of hydrogen-bond acceptors (Lipinski definition) is 4. The third-order valence-electron chi connectivity index (χ3n) is 5.75. The van der Waals surface area contributed by atoms with Crippen molar-refractivity contribution in [1.82, 2.24) is 4.90 Å². The molecule has 0 radical (unpaired) electrons. The van der Waals surface area contributed by atoms with Gasteiger partial charge in [-0.3, -0.25) is 4.79 Å². The van der Waals surface area contributed by atoms with Crippen molar-refractivity contribution >= 4 is 29.4 Å². The van der Waals surface area contributed by atoms with E-state index in [0.29, 0.717) is 35.5 Å². The minimum atomic E-state index is -0.569. The van der Waals surface area contributed by atoms with Crippen molar-refractivity contribution in [3.63, 3.8) is 0 Å². The van der Waals surface area contributed by atoms with Crippen LogP contribution >= 0.6 is 0 Å². The zero-order valence-corrected chi connectivity index (χ0v) is 17.3. The highest BCUT2D eigenvalue weighted by Gasteiger charge is 2.29. The van der Waals surface area contributed by atoms with Crippen LogP contribution in [0.1, 0.15) is 38.3 Å². The van der Waals surface area contributed by atoms with E-state index in [4.69, 9.17) is 4.74 Å². The number of carbonyl (C=O) groups is 2. The second-order valence-corrected chi connectivity index (χ2v) is 7.93.